The zero-order chi connectivity index (χ0) is 26.0. The van der Waals surface area contributed by atoms with Crippen LogP contribution in [-0.2, 0) is 20.5 Å². The molecule has 3 aliphatic rings. The lowest BCUT2D eigenvalue weighted by atomic mass is 9.77. The van der Waals surface area contributed by atoms with Gasteiger partial charge in [-0.25, -0.2) is 9.69 Å². The molecule has 2 aromatic rings. The fraction of sp³-hybridized carbons (Fsp3) is 0.400. The molecular formula is C25H23F3N2O6. The van der Waals surface area contributed by atoms with E-state index in [1.54, 1.807) is 25.1 Å². The first-order valence-electron chi connectivity index (χ1n) is 11.4. The molecule has 0 spiro atoms. The molecule has 0 aliphatic carbocycles. The van der Waals surface area contributed by atoms with Crippen LogP contribution < -0.4 is 14.4 Å². The summed E-state index contributed by atoms with van der Waals surface area (Å²) >= 11 is 0. The SMILES string of the molecule is CCOC(=O)[C@@H]1[C@H]2COc3cc(OC)ccc3[C@@H]2N2C(=O)N(c3ccc(C(F)(F)F)cc3)C(=O)[C@]12C. The van der Waals surface area contributed by atoms with Gasteiger partial charge in [-0.1, -0.05) is 0 Å². The number of halogens is 3. The molecule has 3 amide bonds. The molecule has 0 aromatic heterocycles. The highest BCUT2D eigenvalue weighted by Gasteiger charge is 2.72. The van der Waals surface area contributed by atoms with Crippen molar-refractivity contribution in [2.45, 2.75) is 31.6 Å². The van der Waals surface area contributed by atoms with Crippen molar-refractivity contribution in [3.05, 3.63) is 53.6 Å². The second-order valence-corrected chi connectivity index (χ2v) is 9.04. The molecule has 2 saturated heterocycles. The van der Waals surface area contributed by atoms with Gasteiger partial charge in [0, 0.05) is 17.5 Å². The first-order valence-corrected chi connectivity index (χ1v) is 11.4. The summed E-state index contributed by atoms with van der Waals surface area (Å²) in [5.74, 6) is -1.99. The number of benzene rings is 2. The molecular weight excluding hydrogens is 481 g/mol. The minimum atomic E-state index is -4.57. The van der Waals surface area contributed by atoms with Crippen molar-refractivity contribution in [1.29, 1.82) is 0 Å². The topological polar surface area (TPSA) is 85.4 Å². The van der Waals surface area contributed by atoms with E-state index in [0.717, 1.165) is 29.2 Å². The summed E-state index contributed by atoms with van der Waals surface area (Å²) in [6.45, 7) is 3.27. The Morgan fingerprint density at radius 2 is 1.86 bits per heavy atom. The Bertz CT molecular complexity index is 1250. The average Bonchev–Trinajstić information content (AvgIpc) is 3.23. The van der Waals surface area contributed by atoms with Gasteiger partial charge in [-0.15, -0.1) is 0 Å². The second kappa shape index (κ2) is 8.14. The maximum Gasteiger partial charge on any atom is 0.416 e. The van der Waals surface area contributed by atoms with Crippen molar-refractivity contribution in [1.82, 2.24) is 4.90 Å². The van der Waals surface area contributed by atoms with Gasteiger partial charge < -0.3 is 19.1 Å². The quantitative estimate of drug-likeness (QED) is 0.459. The summed E-state index contributed by atoms with van der Waals surface area (Å²) in [7, 11) is 1.50. The fourth-order valence-electron chi connectivity index (χ4n) is 5.62. The number of rotatable bonds is 4. The summed E-state index contributed by atoms with van der Waals surface area (Å²) in [6, 6.07) is 7.41. The van der Waals surface area contributed by atoms with E-state index in [9.17, 15) is 27.6 Å². The Balaban J connectivity index is 1.63. The number of urea groups is 1. The molecule has 0 bridgehead atoms. The number of ether oxygens (including phenoxy) is 3. The lowest BCUT2D eigenvalue weighted by Crippen LogP contribution is -2.51. The van der Waals surface area contributed by atoms with Crippen molar-refractivity contribution in [3.63, 3.8) is 0 Å². The number of nitrogens with zero attached hydrogens (tertiary/aromatic N) is 2. The summed E-state index contributed by atoms with van der Waals surface area (Å²) in [5.41, 5.74) is -1.96. The standard InChI is InChI=1S/C25H23F3N2O6/c1-4-35-21(31)19-17-12-36-18-11-15(34-3)9-10-16(18)20(17)30-23(33)29(22(32)24(19,30)2)14-7-5-13(6-8-14)25(26,27)28/h5-11,17,19-20H,4,12H2,1-3H3/t17-,19+,20+,24+/m1/s1. The molecule has 2 fully saturated rings. The first-order chi connectivity index (χ1) is 17.0. The van der Waals surface area contributed by atoms with Gasteiger partial charge in [0.2, 0.25) is 0 Å². The van der Waals surface area contributed by atoms with E-state index >= 15 is 0 Å². The third-order valence-electron chi connectivity index (χ3n) is 7.22. The Morgan fingerprint density at radius 1 is 1.17 bits per heavy atom. The van der Waals surface area contributed by atoms with Crippen molar-refractivity contribution >= 4 is 23.6 Å². The molecule has 0 N–H and O–H groups in total. The van der Waals surface area contributed by atoms with E-state index in [1.807, 2.05) is 0 Å². The predicted molar refractivity (Wildman–Crippen MR) is 119 cm³/mol. The average molecular weight is 504 g/mol. The first kappa shape index (κ1) is 24.0. The Morgan fingerprint density at radius 3 is 2.47 bits per heavy atom. The van der Waals surface area contributed by atoms with Crippen molar-refractivity contribution in [2.24, 2.45) is 11.8 Å². The summed E-state index contributed by atoms with van der Waals surface area (Å²) in [5, 5.41) is 0. The number of imide groups is 1. The second-order valence-electron chi connectivity index (χ2n) is 9.04. The highest BCUT2D eigenvalue weighted by Crippen LogP contribution is 2.58. The van der Waals surface area contributed by atoms with E-state index in [-0.39, 0.29) is 18.9 Å². The number of methoxy groups -OCH3 is 1. The van der Waals surface area contributed by atoms with Crippen LogP contribution in [0.1, 0.15) is 31.0 Å². The number of amides is 3. The van der Waals surface area contributed by atoms with Crippen LogP contribution in [0.5, 0.6) is 11.5 Å². The normalized spacial score (nSPS) is 26.8. The summed E-state index contributed by atoms with van der Waals surface area (Å²) < 4.78 is 55.7. The van der Waals surface area contributed by atoms with Crippen molar-refractivity contribution in [3.8, 4) is 11.5 Å². The van der Waals surface area contributed by atoms with Crippen molar-refractivity contribution in [2.75, 3.05) is 25.2 Å². The van der Waals surface area contributed by atoms with E-state index in [0.29, 0.717) is 17.1 Å². The number of fused-ring (bicyclic) bond motifs is 5. The summed E-state index contributed by atoms with van der Waals surface area (Å²) in [4.78, 5) is 43.0. The smallest absolute Gasteiger partial charge is 0.416 e. The molecule has 3 aliphatic heterocycles. The minimum Gasteiger partial charge on any atom is -0.497 e. The molecule has 11 heteroatoms. The molecule has 5 rings (SSSR count). The third kappa shape index (κ3) is 3.25. The number of carbonyl (C=O) groups is 3. The van der Waals surface area contributed by atoms with Gasteiger partial charge in [0.1, 0.15) is 17.0 Å². The van der Waals surface area contributed by atoms with Crippen LogP contribution in [-0.4, -0.2) is 48.7 Å². The minimum absolute atomic E-state index is 0.0187. The Kier molecular flexibility index (Phi) is 5.42. The highest BCUT2D eigenvalue weighted by molar-refractivity contribution is 6.24. The molecule has 2 aromatic carbocycles. The molecule has 8 nitrogen and oxygen atoms in total. The number of carbonyl (C=O) groups excluding carboxylic acids is 3. The number of hydrogen-bond acceptors (Lipinski definition) is 6. The lowest BCUT2D eigenvalue weighted by molar-refractivity contribution is -0.154. The van der Waals surface area contributed by atoms with Crippen LogP contribution in [0.15, 0.2) is 42.5 Å². The number of anilines is 1. The van der Waals surface area contributed by atoms with E-state index in [2.05, 4.69) is 0 Å². The van der Waals surface area contributed by atoms with Gasteiger partial charge in [-0.3, -0.25) is 9.59 Å². The highest BCUT2D eigenvalue weighted by atomic mass is 19.4. The predicted octanol–water partition coefficient (Wildman–Crippen LogP) is 4.18. The van der Waals surface area contributed by atoms with Gasteiger partial charge in [-0.2, -0.15) is 13.2 Å². The fourth-order valence-corrected chi connectivity index (χ4v) is 5.62. The van der Waals surface area contributed by atoms with Crippen LogP contribution >= 0.6 is 0 Å². The lowest BCUT2D eigenvalue weighted by Gasteiger charge is -2.34. The van der Waals surface area contributed by atoms with Gasteiger partial charge in [-0.05, 0) is 50.2 Å². The number of hydrogen-bond donors (Lipinski definition) is 0. The van der Waals surface area contributed by atoms with Gasteiger partial charge in [0.15, 0.2) is 0 Å². The molecule has 0 saturated carbocycles. The van der Waals surface area contributed by atoms with E-state index in [4.69, 9.17) is 14.2 Å². The maximum absolute atomic E-state index is 13.8. The zero-order valence-corrected chi connectivity index (χ0v) is 19.7. The van der Waals surface area contributed by atoms with Crippen LogP contribution in [0.3, 0.4) is 0 Å². The summed E-state index contributed by atoms with van der Waals surface area (Å²) in [6.07, 6.45) is -4.57. The molecule has 0 unspecified atom stereocenters. The van der Waals surface area contributed by atoms with Gasteiger partial charge in [0.25, 0.3) is 5.91 Å². The zero-order valence-electron chi connectivity index (χ0n) is 19.7. The third-order valence-corrected chi connectivity index (χ3v) is 7.22. The van der Waals surface area contributed by atoms with Crippen molar-refractivity contribution < 1.29 is 41.8 Å². The van der Waals surface area contributed by atoms with Crippen LogP contribution in [0, 0.1) is 11.8 Å². The number of alkyl halides is 3. The molecule has 3 heterocycles. The van der Waals surface area contributed by atoms with E-state index < -0.39 is 53.1 Å². The van der Waals surface area contributed by atoms with Gasteiger partial charge in [0.05, 0.1) is 43.5 Å². The van der Waals surface area contributed by atoms with Crippen LogP contribution in [0.25, 0.3) is 0 Å². The van der Waals surface area contributed by atoms with Crippen LogP contribution in [0.2, 0.25) is 0 Å². The maximum atomic E-state index is 13.8. The molecule has 190 valence electrons. The largest absolute Gasteiger partial charge is 0.497 e. The Hall–Kier alpha value is -3.76. The monoisotopic (exact) mass is 504 g/mol. The van der Waals surface area contributed by atoms with E-state index in [1.165, 1.54) is 18.9 Å². The Labute approximate surface area is 204 Å². The van der Waals surface area contributed by atoms with Gasteiger partial charge >= 0.3 is 18.2 Å². The molecule has 0 radical (unpaired) electrons. The molecule has 4 atom stereocenters. The van der Waals surface area contributed by atoms with Crippen LogP contribution in [0.4, 0.5) is 23.7 Å². The number of esters is 1. The molecule has 36 heavy (non-hydrogen) atoms.